The Balaban J connectivity index is 2.33. The lowest BCUT2D eigenvalue weighted by Gasteiger charge is -2.45. The first-order chi connectivity index (χ1) is 15.0. The number of ketones is 1. The summed E-state index contributed by atoms with van der Waals surface area (Å²) in [6, 6.07) is 10.5. The molecule has 168 valence electrons. The first-order valence-electron chi connectivity index (χ1n) is 8.96. The number of rotatable bonds is 6. The quantitative estimate of drug-likeness (QED) is 0.518. The summed E-state index contributed by atoms with van der Waals surface area (Å²) in [4.78, 5) is 24.5. The number of benzene rings is 1. The van der Waals surface area contributed by atoms with Crippen molar-refractivity contribution in [3.8, 4) is 6.07 Å². The van der Waals surface area contributed by atoms with Crippen LogP contribution in [0.3, 0.4) is 0 Å². The van der Waals surface area contributed by atoms with E-state index in [9.17, 15) is 33.1 Å². The number of carbonyl (C=O) groups is 2. The highest BCUT2D eigenvalue weighted by Crippen LogP contribution is 2.52. The molecule has 2 heterocycles. The van der Waals surface area contributed by atoms with Gasteiger partial charge in [-0.15, -0.1) is 11.3 Å². The van der Waals surface area contributed by atoms with Crippen LogP contribution in [0.5, 0.6) is 0 Å². The Hall–Kier alpha value is -2.52. The molecule has 12 heteroatoms. The first kappa shape index (κ1) is 24.1. The van der Waals surface area contributed by atoms with E-state index in [1.165, 1.54) is 41.8 Å². The number of thiophene rings is 1. The summed E-state index contributed by atoms with van der Waals surface area (Å²) in [5.41, 5.74) is 1.14. The van der Waals surface area contributed by atoms with Crippen LogP contribution < -0.4 is 11.1 Å². The molecule has 32 heavy (non-hydrogen) atoms. The molecule has 0 unspecified atom stereocenters. The monoisotopic (exact) mass is 501 g/mol. The fourth-order valence-electron chi connectivity index (χ4n) is 3.47. The van der Waals surface area contributed by atoms with E-state index in [0.717, 1.165) is 11.3 Å². The number of hydrogen-bond acceptors (Lipinski definition) is 7. The molecule has 0 spiro atoms. The number of hydrogen-bond donors (Lipinski definition) is 3. The van der Waals surface area contributed by atoms with Crippen molar-refractivity contribution in [2.45, 2.75) is 17.8 Å². The van der Waals surface area contributed by atoms with Gasteiger partial charge in [-0.1, -0.05) is 47.6 Å². The van der Waals surface area contributed by atoms with Crippen molar-refractivity contribution in [2.24, 2.45) is 11.7 Å². The molecular weight excluding hydrogens is 487 g/mol. The second-order valence-corrected chi connectivity index (χ2v) is 9.16. The Kier molecular flexibility index (Phi) is 6.90. The van der Waals surface area contributed by atoms with Crippen LogP contribution in [-0.2, 0) is 4.79 Å². The third kappa shape index (κ3) is 4.36. The highest BCUT2D eigenvalue weighted by molar-refractivity contribution is 8.03. The number of aliphatic hydroxyl groups is 1. The third-order valence-corrected chi connectivity index (χ3v) is 7.11. The molecule has 0 saturated heterocycles. The van der Waals surface area contributed by atoms with Gasteiger partial charge in [0, 0.05) is 10.9 Å². The maximum atomic E-state index is 14.3. The van der Waals surface area contributed by atoms with E-state index >= 15 is 0 Å². The second-order valence-electron chi connectivity index (χ2n) is 6.82. The molecule has 0 saturated carbocycles. The number of nitrogens with two attached hydrogens (primary N) is 1. The minimum atomic E-state index is -5.33. The van der Waals surface area contributed by atoms with Crippen molar-refractivity contribution in [2.75, 3.05) is 5.75 Å². The molecule has 6 nitrogen and oxygen atoms in total. The van der Waals surface area contributed by atoms with Gasteiger partial charge < -0.3 is 16.2 Å². The number of alkyl halides is 3. The van der Waals surface area contributed by atoms with Crippen molar-refractivity contribution in [3.63, 3.8) is 0 Å². The molecule has 1 aromatic heterocycles. The number of nitrogens with one attached hydrogen (secondary N) is 1. The number of primary amides is 1. The number of nitrogens with zero attached hydrogens (tertiary/aromatic N) is 1. The lowest BCUT2D eigenvalue weighted by molar-refractivity contribution is -0.285. The van der Waals surface area contributed by atoms with Crippen molar-refractivity contribution in [1.29, 1.82) is 5.26 Å². The van der Waals surface area contributed by atoms with Gasteiger partial charge in [0.25, 0.3) is 0 Å². The van der Waals surface area contributed by atoms with Gasteiger partial charge in [-0.2, -0.15) is 18.4 Å². The standard InChI is InChI=1S/C20H15ClF3N3O3S2/c21-12-5-2-1-4-10(12)15-11(8-25)18(32-9-14(26)28)27-19(30,20(22,23)24)16(15)17(29)13-6-3-7-31-13/h1-7,15-16,27,30H,9H2,(H2,26,28)/t15-,16+,19+/m0/s1. The molecule has 3 rings (SSSR count). The summed E-state index contributed by atoms with van der Waals surface area (Å²) in [5.74, 6) is -6.03. The van der Waals surface area contributed by atoms with Crippen LogP contribution in [0.25, 0.3) is 0 Å². The van der Waals surface area contributed by atoms with E-state index in [-0.39, 0.29) is 21.0 Å². The van der Waals surface area contributed by atoms with Gasteiger partial charge >= 0.3 is 6.18 Å². The van der Waals surface area contributed by atoms with E-state index in [4.69, 9.17) is 17.3 Å². The smallest absolute Gasteiger partial charge is 0.369 e. The molecule has 0 aliphatic carbocycles. The Morgan fingerprint density at radius 2 is 2.00 bits per heavy atom. The summed E-state index contributed by atoms with van der Waals surface area (Å²) < 4.78 is 42.8. The maximum absolute atomic E-state index is 14.3. The largest absolute Gasteiger partial charge is 0.437 e. The normalized spacial score (nSPS) is 23.4. The van der Waals surface area contributed by atoms with Gasteiger partial charge in [-0.05, 0) is 23.1 Å². The Labute approximate surface area is 193 Å². The van der Waals surface area contributed by atoms with E-state index in [2.05, 4.69) is 0 Å². The van der Waals surface area contributed by atoms with Gasteiger partial charge in [-0.25, -0.2) is 0 Å². The van der Waals surface area contributed by atoms with Gasteiger partial charge in [0.05, 0.1) is 33.2 Å². The zero-order valence-electron chi connectivity index (χ0n) is 16.0. The second kappa shape index (κ2) is 9.15. The molecule has 2 aromatic rings. The Morgan fingerprint density at radius 3 is 2.53 bits per heavy atom. The maximum Gasteiger partial charge on any atom is 0.437 e. The Morgan fingerprint density at radius 1 is 1.31 bits per heavy atom. The summed E-state index contributed by atoms with van der Waals surface area (Å²) in [5, 5.41) is 23.8. The van der Waals surface area contributed by atoms with Crippen LogP contribution in [0.4, 0.5) is 13.2 Å². The van der Waals surface area contributed by atoms with Crippen LogP contribution in [0.1, 0.15) is 21.2 Å². The first-order valence-corrected chi connectivity index (χ1v) is 11.2. The molecule has 0 radical (unpaired) electrons. The topological polar surface area (TPSA) is 116 Å². The van der Waals surface area contributed by atoms with Crippen molar-refractivity contribution >= 4 is 46.4 Å². The third-order valence-electron chi connectivity index (χ3n) is 4.84. The van der Waals surface area contributed by atoms with E-state index in [1.807, 2.05) is 11.4 Å². The van der Waals surface area contributed by atoms with Crippen LogP contribution >= 0.6 is 34.7 Å². The molecule has 0 bridgehead atoms. The number of Topliss-reactive ketones (excluding diaryl/α,β-unsaturated/α-hetero) is 1. The highest BCUT2D eigenvalue weighted by Gasteiger charge is 2.66. The lowest BCUT2D eigenvalue weighted by atomic mass is 9.70. The molecule has 1 aromatic carbocycles. The molecule has 1 aliphatic heterocycles. The van der Waals surface area contributed by atoms with Gasteiger partial charge in [-0.3, -0.25) is 9.59 Å². The molecule has 3 atom stereocenters. The molecule has 1 amide bonds. The van der Waals surface area contributed by atoms with Crippen molar-refractivity contribution in [1.82, 2.24) is 5.32 Å². The molecule has 4 N–H and O–H groups in total. The summed E-state index contributed by atoms with van der Waals surface area (Å²) in [6.07, 6.45) is -5.33. The number of allylic oxidation sites excluding steroid dienone is 1. The predicted molar refractivity (Wildman–Crippen MR) is 115 cm³/mol. The number of thioether (sulfide) groups is 1. The van der Waals surface area contributed by atoms with Crippen LogP contribution in [0, 0.1) is 17.2 Å². The SMILES string of the molecule is N#CC1=C(SCC(N)=O)N[C@](O)(C(F)(F)F)[C@@H](C(=O)c2cccs2)[C@H]1c1ccccc1Cl. The van der Waals surface area contributed by atoms with E-state index in [1.54, 1.807) is 0 Å². The summed E-state index contributed by atoms with van der Waals surface area (Å²) >= 11 is 7.69. The average molecular weight is 502 g/mol. The van der Waals surface area contributed by atoms with Gasteiger partial charge in [0.15, 0.2) is 5.78 Å². The van der Waals surface area contributed by atoms with Crippen molar-refractivity contribution < 1.29 is 27.9 Å². The number of nitriles is 1. The molecule has 1 aliphatic rings. The van der Waals surface area contributed by atoms with E-state index < -0.39 is 46.2 Å². The zero-order chi connectivity index (χ0) is 23.7. The fraction of sp³-hybridized carbons (Fsp3) is 0.250. The van der Waals surface area contributed by atoms with E-state index in [0.29, 0.717) is 11.8 Å². The van der Waals surface area contributed by atoms with Crippen molar-refractivity contribution in [3.05, 3.63) is 67.8 Å². The van der Waals surface area contributed by atoms with Crippen LogP contribution in [-0.4, -0.2) is 34.5 Å². The minimum Gasteiger partial charge on any atom is -0.369 e. The van der Waals surface area contributed by atoms with Crippen LogP contribution in [0.2, 0.25) is 5.02 Å². The predicted octanol–water partition coefficient (Wildman–Crippen LogP) is 3.79. The van der Waals surface area contributed by atoms with Gasteiger partial charge in [0.1, 0.15) is 0 Å². The summed E-state index contributed by atoms with van der Waals surface area (Å²) in [6.45, 7) is 0. The van der Waals surface area contributed by atoms with Gasteiger partial charge in [0.2, 0.25) is 11.6 Å². The lowest BCUT2D eigenvalue weighted by Crippen LogP contribution is -2.66. The van der Waals surface area contributed by atoms with Crippen LogP contribution in [0.15, 0.2) is 52.4 Å². The minimum absolute atomic E-state index is 0.0138. The highest BCUT2D eigenvalue weighted by atomic mass is 35.5. The number of carbonyl (C=O) groups excluding carboxylic acids is 2. The summed E-state index contributed by atoms with van der Waals surface area (Å²) in [7, 11) is 0. The molecule has 0 fully saturated rings. The average Bonchev–Trinajstić information content (AvgIpc) is 3.26. The number of halogens is 4. The fourth-order valence-corrected chi connectivity index (χ4v) is 5.27. The Bertz CT molecular complexity index is 1120. The molecular formula is C20H15ClF3N3O3S2. The zero-order valence-corrected chi connectivity index (χ0v) is 18.4. The number of amides is 1.